The Bertz CT molecular complexity index is 1140. The van der Waals surface area contributed by atoms with Crippen LogP contribution < -0.4 is 10.2 Å². The molecule has 0 spiro atoms. The highest BCUT2D eigenvalue weighted by molar-refractivity contribution is 6.30. The van der Waals surface area contributed by atoms with Crippen molar-refractivity contribution >= 4 is 34.6 Å². The topological polar surface area (TPSA) is 91.9 Å². The molecule has 9 heteroatoms. The fourth-order valence-electron chi connectivity index (χ4n) is 3.81. The molecule has 8 nitrogen and oxygen atoms in total. The zero-order valence-corrected chi connectivity index (χ0v) is 18.5. The molecule has 1 aliphatic heterocycles. The van der Waals surface area contributed by atoms with E-state index in [-0.39, 0.29) is 27.8 Å². The molecule has 32 heavy (non-hydrogen) atoms. The summed E-state index contributed by atoms with van der Waals surface area (Å²) in [7, 11) is 4.19. The first-order chi connectivity index (χ1) is 15.3. The third kappa shape index (κ3) is 4.61. The van der Waals surface area contributed by atoms with Gasteiger partial charge in [0.2, 0.25) is 0 Å². The average Bonchev–Trinajstić information content (AvgIpc) is 3.44. The van der Waals surface area contributed by atoms with E-state index in [1.54, 1.807) is 0 Å². The van der Waals surface area contributed by atoms with Crippen molar-refractivity contribution < 1.29 is 14.1 Å². The molecule has 166 valence electrons. The highest BCUT2D eigenvalue weighted by atomic mass is 35.5. The number of nitrogens with zero attached hydrogens (tertiary/aromatic N) is 3. The summed E-state index contributed by atoms with van der Waals surface area (Å²) in [6.45, 7) is 1.98. The van der Waals surface area contributed by atoms with Crippen LogP contribution in [0.4, 0.5) is 17.1 Å². The lowest BCUT2D eigenvalue weighted by Gasteiger charge is -2.22. The van der Waals surface area contributed by atoms with E-state index in [0.717, 1.165) is 25.2 Å². The molecule has 0 radical (unpaired) electrons. The van der Waals surface area contributed by atoms with Crippen molar-refractivity contribution in [2.24, 2.45) is 0 Å². The van der Waals surface area contributed by atoms with E-state index in [1.165, 1.54) is 30.3 Å². The predicted molar refractivity (Wildman–Crippen MR) is 125 cm³/mol. The number of likely N-dealkylation sites (N-methyl/N-ethyl adjacent to an activating group) is 1. The largest absolute Gasteiger partial charge is 0.451 e. The van der Waals surface area contributed by atoms with Gasteiger partial charge in [-0.3, -0.25) is 14.9 Å². The molecule has 1 amide bonds. The second-order valence-electron chi connectivity index (χ2n) is 7.94. The lowest BCUT2D eigenvalue weighted by molar-refractivity contribution is -0.384. The Kier molecular flexibility index (Phi) is 6.16. The van der Waals surface area contributed by atoms with Crippen molar-refractivity contribution in [2.45, 2.75) is 12.5 Å². The standard InChI is InChI=1S/C23H23ClN4O4/c1-26(2)18-11-12-27(14-18)17-6-4-16(5-7-17)25-23(29)22-10-9-21(32-22)19-8-3-15(24)13-20(19)28(30)31/h3-10,13,18H,11-12,14H2,1-2H3,(H,25,29). The first-order valence-electron chi connectivity index (χ1n) is 10.2. The van der Waals surface area contributed by atoms with Crippen molar-refractivity contribution in [3.05, 3.63) is 75.5 Å². The number of carbonyl (C=O) groups excluding carboxylic acids is 1. The molecule has 0 aliphatic carbocycles. The third-order valence-electron chi connectivity index (χ3n) is 5.64. The molecule has 1 saturated heterocycles. The van der Waals surface area contributed by atoms with Crippen LogP contribution in [0.1, 0.15) is 17.0 Å². The van der Waals surface area contributed by atoms with Gasteiger partial charge in [-0.1, -0.05) is 11.6 Å². The summed E-state index contributed by atoms with van der Waals surface area (Å²) < 4.78 is 5.60. The van der Waals surface area contributed by atoms with E-state index >= 15 is 0 Å². The molecular weight excluding hydrogens is 432 g/mol. The molecule has 0 saturated carbocycles. The van der Waals surface area contributed by atoms with Crippen LogP contribution in [0.2, 0.25) is 5.02 Å². The lowest BCUT2D eigenvalue weighted by Crippen LogP contribution is -2.31. The van der Waals surface area contributed by atoms with Gasteiger partial charge in [0.15, 0.2) is 5.76 Å². The van der Waals surface area contributed by atoms with Gasteiger partial charge < -0.3 is 19.5 Å². The number of halogens is 1. The summed E-state index contributed by atoms with van der Waals surface area (Å²) in [5.41, 5.74) is 1.82. The highest BCUT2D eigenvalue weighted by Crippen LogP contribution is 2.33. The zero-order valence-electron chi connectivity index (χ0n) is 17.7. The smallest absolute Gasteiger partial charge is 0.291 e. The van der Waals surface area contributed by atoms with Gasteiger partial charge in [-0.15, -0.1) is 0 Å². The molecular formula is C23H23ClN4O4. The molecule has 0 bridgehead atoms. The van der Waals surface area contributed by atoms with Crippen LogP contribution in [0.25, 0.3) is 11.3 Å². The number of nitro groups is 1. The van der Waals surface area contributed by atoms with Crippen molar-refractivity contribution in [1.29, 1.82) is 0 Å². The summed E-state index contributed by atoms with van der Waals surface area (Å²) in [6.07, 6.45) is 1.12. The molecule has 2 heterocycles. The summed E-state index contributed by atoms with van der Waals surface area (Å²) in [5.74, 6) is -0.158. The summed E-state index contributed by atoms with van der Waals surface area (Å²) in [4.78, 5) is 28.0. The van der Waals surface area contributed by atoms with Crippen molar-refractivity contribution in [2.75, 3.05) is 37.4 Å². The Morgan fingerprint density at radius 2 is 1.94 bits per heavy atom. The fourth-order valence-corrected chi connectivity index (χ4v) is 3.98. The maximum absolute atomic E-state index is 12.6. The van der Waals surface area contributed by atoms with Crippen LogP contribution in [0.15, 0.2) is 59.0 Å². The van der Waals surface area contributed by atoms with Crippen molar-refractivity contribution in [3.63, 3.8) is 0 Å². The van der Waals surface area contributed by atoms with Crippen LogP contribution >= 0.6 is 11.6 Å². The number of carbonyl (C=O) groups is 1. The minimum atomic E-state index is -0.536. The number of hydrogen-bond acceptors (Lipinski definition) is 6. The Labute approximate surface area is 190 Å². The van der Waals surface area contributed by atoms with Crippen LogP contribution in [-0.4, -0.2) is 49.0 Å². The van der Waals surface area contributed by atoms with Gasteiger partial charge in [-0.05, 0) is 69.0 Å². The first-order valence-corrected chi connectivity index (χ1v) is 10.6. The van der Waals surface area contributed by atoms with E-state index in [1.807, 2.05) is 24.3 Å². The van der Waals surface area contributed by atoms with E-state index in [2.05, 4.69) is 29.2 Å². The van der Waals surface area contributed by atoms with Gasteiger partial charge >= 0.3 is 0 Å². The van der Waals surface area contributed by atoms with Gasteiger partial charge in [-0.25, -0.2) is 0 Å². The van der Waals surface area contributed by atoms with E-state index in [0.29, 0.717) is 11.7 Å². The number of anilines is 2. The summed E-state index contributed by atoms with van der Waals surface area (Å²) >= 11 is 5.86. The second-order valence-corrected chi connectivity index (χ2v) is 8.37. The maximum Gasteiger partial charge on any atom is 0.291 e. The van der Waals surface area contributed by atoms with E-state index in [4.69, 9.17) is 16.0 Å². The maximum atomic E-state index is 12.6. The Morgan fingerprint density at radius 1 is 1.19 bits per heavy atom. The van der Waals surface area contributed by atoms with Crippen molar-refractivity contribution in [3.8, 4) is 11.3 Å². The highest BCUT2D eigenvalue weighted by Gasteiger charge is 2.24. The van der Waals surface area contributed by atoms with Crippen LogP contribution in [0.3, 0.4) is 0 Å². The van der Waals surface area contributed by atoms with Crippen LogP contribution in [0.5, 0.6) is 0 Å². The van der Waals surface area contributed by atoms with E-state index in [9.17, 15) is 14.9 Å². The zero-order chi connectivity index (χ0) is 22.8. The Balaban J connectivity index is 1.45. The molecule has 1 aromatic heterocycles. The van der Waals surface area contributed by atoms with Gasteiger partial charge in [0.1, 0.15) is 5.76 Å². The molecule has 1 fully saturated rings. The summed E-state index contributed by atoms with van der Waals surface area (Å²) in [6, 6.07) is 15.5. The molecule has 1 N–H and O–H groups in total. The van der Waals surface area contributed by atoms with Gasteiger partial charge in [0.25, 0.3) is 11.6 Å². The fraction of sp³-hybridized carbons (Fsp3) is 0.261. The normalized spacial score (nSPS) is 15.9. The molecule has 4 rings (SSSR count). The second kappa shape index (κ2) is 9.02. The molecule has 1 aliphatic rings. The lowest BCUT2D eigenvalue weighted by atomic mass is 10.1. The Hall–Kier alpha value is -3.36. The number of nitro benzene ring substituents is 1. The van der Waals surface area contributed by atoms with Crippen LogP contribution in [-0.2, 0) is 0 Å². The number of hydrogen-bond donors (Lipinski definition) is 1. The van der Waals surface area contributed by atoms with Gasteiger partial charge in [0, 0.05) is 41.6 Å². The average molecular weight is 455 g/mol. The first kappa shape index (κ1) is 21.9. The third-order valence-corrected chi connectivity index (χ3v) is 5.87. The predicted octanol–water partition coefficient (Wildman–Crippen LogP) is 4.90. The van der Waals surface area contributed by atoms with Gasteiger partial charge in [0.05, 0.1) is 10.5 Å². The molecule has 1 atom stereocenters. The number of benzene rings is 2. The minimum absolute atomic E-state index is 0.0571. The monoisotopic (exact) mass is 454 g/mol. The van der Waals surface area contributed by atoms with Crippen LogP contribution in [0, 0.1) is 10.1 Å². The number of nitrogens with one attached hydrogen (secondary N) is 1. The molecule has 1 unspecified atom stereocenters. The van der Waals surface area contributed by atoms with Crippen molar-refractivity contribution in [1.82, 2.24) is 4.90 Å². The minimum Gasteiger partial charge on any atom is -0.451 e. The number of furan rings is 1. The molecule has 2 aromatic carbocycles. The SMILES string of the molecule is CN(C)C1CCN(c2ccc(NC(=O)c3ccc(-c4ccc(Cl)cc4[N+](=O)[O-])o3)cc2)C1. The van der Waals surface area contributed by atoms with Gasteiger partial charge in [-0.2, -0.15) is 0 Å². The number of rotatable bonds is 6. The summed E-state index contributed by atoms with van der Waals surface area (Å²) in [5, 5.41) is 14.4. The Morgan fingerprint density at radius 3 is 2.59 bits per heavy atom. The number of amides is 1. The molecule has 3 aromatic rings. The van der Waals surface area contributed by atoms with E-state index < -0.39 is 10.8 Å². The quantitative estimate of drug-likeness (QED) is 0.420.